The van der Waals surface area contributed by atoms with E-state index in [9.17, 15) is 10.2 Å². The predicted molar refractivity (Wildman–Crippen MR) is 78.0 cm³/mol. The number of rotatable bonds is 5. The third-order valence-electron chi connectivity index (χ3n) is 2.96. The number of nitrogens with zero attached hydrogens (tertiary/aromatic N) is 1. The van der Waals surface area contributed by atoms with Crippen molar-refractivity contribution in [1.82, 2.24) is 4.98 Å². The number of hydrogen-bond donors (Lipinski definition) is 2. The molecule has 0 saturated heterocycles. The molecule has 4 heteroatoms. The second-order valence-electron chi connectivity index (χ2n) is 4.33. The third-order valence-corrected chi connectivity index (χ3v) is 4.01. The van der Waals surface area contributed by atoms with Crippen molar-refractivity contribution >= 4 is 11.8 Å². The maximum atomic E-state index is 9.86. The Balaban J connectivity index is 2.02. The molecule has 0 aliphatic heterocycles. The van der Waals surface area contributed by atoms with Crippen molar-refractivity contribution < 1.29 is 10.2 Å². The molecule has 0 fully saturated rings. The van der Waals surface area contributed by atoms with E-state index < -0.39 is 0 Å². The smallest absolute Gasteiger partial charge is 0.142 e. The topological polar surface area (TPSA) is 53.4 Å². The van der Waals surface area contributed by atoms with Gasteiger partial charge in [-0.25, -0.2) is 0 Å². The maximum absolute atomic E-state index is 9.86. The predicted octanol–water partition coefficient (Wildman–Crippen LogP) is 3.02. The van der Waals surface area contributed by atoms with Crippen molar-refractivity contribution in [3.63, 3.8) is 0 Å². The van der Waals surface area contributed by atoms with E-state index >= 15 is 0 Å². The van der Waals surface area contributed by atoms with Crippen LogP contribution in [0.1, 0.15) is 22.4 Å². The third kappa shape index (κ3) is 3.49. The number of aromatic hydroxyl groups is 1. The van der Waals surface area contributed by atoms with E-state index in [1.165, 1.54) is 5.56 Å². The molecule has 0 atom stereocenters. The Hall–Kier alpha value is -1.52. The number of aliphatic hydroxyl groups is 1. The van der Waals surface area contributed by atoms with Crippen LogP contribution < -0.4 is 0 Å². The van der Waals surface area contributed by atoms with Gasteiger partial charge in [0, 0.05) is 23.3 Å². The molecule has 1 aromatic carbocycles. The second-order valence-corrected chi connectivity index (χ2v) is 5.32. The van der Waals surface area contributed by atoms with Crippen LogP contribution in [-0.2, 0) is 18.1 Å². The highest BCUT2D eigenvalue weighted by Gasteiger charge is 2.10. The highest BCUT2D eigenvalue weighted by Crippen LogP contribution is 2.27. The normalized spacial score (nSPS) is 10.6. The average molecular weight is 275 g/mol. The minimum Gasteiger partial charge on any atom is -0.506 e. The minimum atomic E-state index is -0.156. The molecule has 0 saturated carbocycles. The van der Waals surface area contributed by atoms with Crippen LogP contribution in [0, 0.1) is 6.92 Å². The lowest BCUT2D eigenvalue weighted by atomic mass is 10.1. The molecule has 2 rings (SSSR count). The van der Waals surface area contributed by atoms with Gasteiger partial charge in [-0.05, 0) is 18.1 Å². The van der Waals surface area contributed by atoms with E-state index in [4.69, 9.17) is 0 Å². The van der Waals surface area contributed by atoms with Crippen molar-refractivity contribution in [3.05, 3.63) is 58.9 Å². The van der Waals surface area contributed by atoms with Gasteiger partial charge in [-0.15, -0.1) is 0 Å². The first-order chi connectivity index (χ1) is 9.22. The summed E-state index contributed by atoms with van der Waals surface area (Å²) in [5.74, 6) is 1.74. The van der Waals surface area contributed by atoms with Gasteiger partial charge >= 0.3 is 0 Å². The molecule has 3 nitrogen and oxygen atoms in total. The minimum absolute atomic E-state index is 0.111. The summed E-state index contributed by atoms with van der Waals surface area (Å²) in [6.45, 7) is 1.58. The molecule has 0 bridgehead atoms. The molecule has 1 heterocycles. The monoisotopic (exact) mass is 275 g/mol. The van der Waals surface area contributed by atoms with Crippen molar-refractivity contribution in [1.29, 1.82) is 0 Å². The van der Waals surface area contributed by atoms with Crippen LogP contribution in [0.2, 0.25) is 0 Å². The number of hydrogen-bond acceptors (Lipinski definition) is 4. The molecule has 0 amide bonds. The summed E-state index contributed by atoms with van der Waals surface area (Å²) in [4.78, 5) is 4.14. The number of benzene rings is 1. The molecule has 2 aromatic rings. The zero-order chi connectivity index (χ0) is 13.7. The molecular weight excluding hydrogens is 258 g/mol. The molecule has 0 radical (unpaired) electrons. The second kappa shape index (κ2) is 6.59. The van der Waals surface area contributed by atoms with Crippen LogP contribution >= 0.6 is 11.8 Å². The van der Waals surface area contributed by atoms with Crippen LogP contribution in [0.15, 0.2) is 36.5 Å². The molecule has 0 aliphatic carbocycles. The quantitative estimate of drug-likeness (QED) is 0.880. The van der Waals surface area contributed by atoms with Gasteiger partial charge in [-0.2, -0.15) is 11.8 Å². The summed E-state index contributed by atoms with van der Waals surface area (Å²) in [7, 11) is 0. The van der Waals surface area contributed by atoms with E-state index in [1.807, 2.05) is 18.2 Å². The maximum Gasteiger partial charge on any atom is 0.142 e. The van der Waals surface area contributed by atoms with Crippen LogP contribution in [0.25, 0.3) is 0 Å². The Morgan fingerprint density at radius 1 is 1.16 bits per heavy atom. The number of thioether (sulfide) groups is 1. The summed E-state index contributed by atoms with van der Waals surface area (Å²) < 4.78 is 0. The van der Waals surface area contributed by atoms with E-state index in [2.05, 4.69) is 17.1 Å². The van der Waals surface area contributed by atoms with E-state index in [1.54, 1.807) is 24.9 Å². The highest BCUT2D eigenvalue weighted by atomic mass is 32.2. The summed E-state index contributed by atoms with van der Waals surface area (Å²) in [5, 5.41) is 19.2. The first-order valence-corrected chi connectivity index (χ1v) is 7.26. The largest absolute Gasteiger partial charge is 0.506 e. The fourth-order valence-corrected chi connectivity index (χ4v) is 2.84. The lowest BCUT2D eigenvalue weighted by Crippen LogP contribution is -1.97. The lowest BCUT2D eigenvalue weighted by Gasteiger charge is -2.10. The average Bonchev–Trinajstić information content (AvgIpc) is 2.44. The SMILES string of the molecule is Cc1ncc(CSCc2ccccc2)c(CO)c1O. The standard InChI is InChI=1S/C15H17NO2S/c1-11-15(18)14(8-17)13(7-16-11)10-19-9-12-5-3-2-4-6-12/h2-7,17-18H,8-10H2,1H3. The number of pyridine rings is 1. The zero-order valence-electron chi connectivity index (χ0n) is 10.8. The Bertz CT molecular complexity index is 543. The van der Waals surface area contributed by atoms with Crippen LogP contribution in [-0.4, -0.2) is 15.2 Å². The van der Waals surface area contributed by atoms with Crippen molar-refractivity contribution in [3.8, 4) is 5.75 Å². The molecular formula is C15H17NO2S. The van der Waals surface area contributed by atoms with Gasteiger partial charge in [0.1, 0.15) is 5.75 Å². The van der Waals surface area contributed by atoms with Gasteiger partial charge in [0.2, 0.25) is 0 Å². The Labute approximate surface area is 117 Å². The van der Waals surface area contributed by atoms with Gasteiger partial charge in [-0.3, -0.25) is 4.98 Å². The molecule has 0 aliphatic rings. The van der Waals surface area contributed by atoms with Crippen LogP contribution in [0.5, 0.6) is 5.75 Å². The van der Waals surface area contributed by atoms with Gasteiger partial charge < -0.3 is 10.2 Å². The first-order valence-electron chi connectivity index (χ1n) is 6.11. The van der Waals surface area contributed by atoms with Gasteiger partial charge in [0.25, 0.3) is 0 Å². The Kier molecular flexibility index (Phi) is 4.82. The van der Waals surface area contributed by atoms with Gasteiger partial charge in [0.05, 0.1) is 12.3 Å². The number of aromatic nitrogens is 1. The summed E-state index contributed by atoms with van der Waals surface area (Å²) in [6.07, 6.45) is 1.73. The zero-order valence-corrected chi connectivity index (χ0v) is 11.7. The first kappa shape index (κ1) is 13.9. The molecule has 100 valence electrons. The number of aliphatic hydroxyl groups excluding tert-OH is 1. The van der Waals surface area contributed by atoms with E-state index in [-0.39, 0.29) is 12.4 Å². The molecule has 0 spiro atoms. The van der Waals surface area contributed by atoms with Crippen molar-refractivity contribution in [2.75, 3.05) is 0 Å². The van der Waals surface area contributed by atoms with Crippen molar-refractivity contribution in [2.45, 2.75) is 25.0 Å². The van der Waals surface area contributed by atoms with Crippen molar-refractivity contribution in [2.24, 2.45) is 0 Å². The van der Waals surface area contributed by atoms with Crippen LogP contribution in [0.4, 0.5) is 0 Å². The molecule has 0 unspecified atom stereocenters. The van der Waals surface area contributed by atoms with E-state index in [0.717, 1.165) is 17.1 Å². The number of aryl methyl sites for hydroxylation is 1. The fraction of sp³-hybridized carbons (Fsp3) is 0.267. The Morgan fingerprint density at radius 3 is 2.58 bits per heavy atom. The highest BCUT2D eigenvalue weighted by molar-refractivity contribution is 7.97. The Morgan fingerprint density at radius 2 is 1.89 bits per heavy atom. The van der Waals surface area contributed by atoms with E-state index in [0.29, 0.717) is 11.3 Å². The lowest BCUT2D eigenvalue weighted by molar-refractivity contribution is 0.274. The van der Waals surface area contributed by atoms with Crippen LogP contribution in [0.3, 0.4) is 0 Å². The molecule has 1 aromatic heterocycles. The molecule has 19 heavy (non-hydrogen) atoms. The molecule has 2 N–H and O–H groups in total. The summed E-state index contributed by atoms with van der Waals surface area (Å²) in [6, 6.07) is 10.2. The summed E-state index contributed by atoms with van der Waals surface area (Å²) in [5.41, 5.74) is 3.31. The summed E-state index contributed by atoms with van der Waals surface area (Å²) >= 11 is 1.74. The van der Waals surface area contributed by atoms with Gasteiger partial charge in [-0.1, -0.05) is 30.3 Å². The van der Waals surface area contributed by atoms with Gasteiger partial charge in [0.15, 0.2) is 0 Å². The fourth-order valence-electron chi connectivity index (χ4n) is 1.84.